The number of aryl methyl sites for hydroxylation is 1. The van der Waals surface area contributed by atoms with Gasteiger partial charge in [-0.15, -0.1) is 0 Å². The van der Waals surface area contributed by atoms with Gasteiger partial charge in [-0.3, -0.25) is 14.5 Å². The molecule has 0 aliphatic carbocycles. The molecule has 5 rings (SSSR count). The number of nitrogens with one attached hydrogen (secondary N) is 1. The molecule has 0 bridgehead atoms. The third-order valence-electron chi connectivity index (χ3n) is 6.12. The Labute approximate surface area is 168 Å². The van der Waals surface area contributed by atoms with E-state index in [0.29, 0.717) is 28.8 Å². The van der Waals surface area contributed by atoms with Gasteiger partial charge in [-0.2, -0.15) is 10.1 Å². The summed E-state index contributed by atoms with van der Waals surface area (Å²) < 4.78 is 1.65. The number of H-pyrrole nitrogens is 1. The average Bonchev–Trinajstić information content (AvgIpc) is 3.35. The van der Waals surface area contributed by atoms with E-state index in [0.717, 1.165) is 37.7 Å². The van der Waals surface area contributed by atoms with Crippen molar-refractivity contribution in [1.82, 2.24) is 29.7 Å². The van der Waals surface area contributed by atoms with Crippen LogP contribution in [0, 0.1) is 11.8 Å². The Morgan fingerprint density at radius 2 is 1.76 bits per heavy atom. The van der Waals surface area contributed by atoms with E-state index >= 15 is 0 Å². The zero-order valence-electron chi connectivity index (χ0n) is 17.3. The molecule has 9 heteroatoms. The maximum absolute atomic E-state index is 12.4. The summed E-state index contributed by atoms with van der Waals surface area (Å²) in [6, 6.07) is 2.12. The van der Waals surface area contributed by atoms with Gasteiger partial charge in [0.25, 0.3) is 5.56 Å². The molecule has 9 nitrogen and oxygen atoms in total. The van der Waals surface area contributed by atoms with Crippen LogP contribution >= 0.6 is 0 Å². The molecule has 5 heterocycles. The minimum absolute atomic E-state index is 0.00602. The Hall–Kier alpha value is -2.97. The van der Waals surface area contributed by atoms with Gasteiger partial charge in [0.2, 0.25) is 5.95 Å². The van der Waals surface area contributed by atoms with Crippen molar-refractivity contribution in [2.75, 3.05) is 36.0 Å². The molecule has 2 aliphatic rings. The average molecular weight is 394 g/mol. The zero-order valence-corrected chi connectivity index (χ0v) is 17.3. The van der Waals surface area contributed by atoms with Gasteiger partial charge in [-0.1, -0.05) is 20.8 Å². The molecule has 2 saturated heterocycles. The predicted molar refractivity (Wildman–Crippen MR) is 111 cm³/mol. The van der Waals surface area contributed by atoms with E-state index in [2.05, 4.69) is 61.7 Å². The van der Waals surface area contributed by atoms with E-state index in [4.69, 9.17) is 0 Å². The summed E-state index contributed by atoms with van der Waals surface area (Å²) in [7, 11) is 1.81. The molecule has 0 radical (unpaired) electrons. The van der Waals surface area contributed by atoms with Crippen molar-refractivity contribution in [3.05, 3.63) is 34.6 Å². The number of aromatic amines is 1. The first-order chi connectivity index (χ1) is 13.8. The monoisotopic (exact) mass is 394 g/mol. The number of hydrogen-bond acceptors (Lipinski definition) is 7. The van der Waals surface area contributed by atoms with Gasteiger partial charge in [-0.05, 0) is 0 Å². The molecule has 152 valence electrons. The van der Waals surface area contributed by atoms with Gasteiger partial charge >= 0.3 is 0 Å². The Balaban J connectivity index is 1.34. The van der Waals surface area contributed by atoms with Crippen LogP contribution in [0.5, 0.6) is 0 Å². The van der Waals surface area contributed by atoms with Crippen LogP contribution in [-0.2, 0) is 12.5 Å². The van der Waals surface area contributed by atoms with Crippen molar-refractivity contribution in [2.45, 2.75) is 26.2 Å². The summed E-state index contributed by atoms with van der Waals surface area (Å²) in [5.74, 6) is 2.70. The van der Waals surface area contributed by atoms with Crippen molar-refractivity contribution in [1.29, 1.82) is 0 Å². The molecule has 2 unspecified atom stereocenters. The van der Waals surface area contributed by atoms with Crippen LogP contribution in [0.2, 0.25) is 0 Å². The second kappa shape index (κ2) is 6.27. The topological polar surface area (TPSA) is 95.8 Å². The van der Waals surface area contributed by atoms with Gasteiger partial charge in [0.15, 0.2) is 5.65 Å². The summed E-state index contributed by atoms with van der Waals surface area (Å²) >= 11 is 0. The maximum Gasteiger partial charge on any atom is 0.263 e. The van der Waals surface area contributed by atoms with E-state index in [1.54, 1.807) is 17.2 Å². The van der Waals surface area contributed by atoms with Crippen LogP contribution in [-0.4, -0.2) is 55.9 Å². The predicted octanol–water partition coefficient (Wildman–Crippen LogP) is 1.32. The van der Waals surface area contributed by atoms with Crippen LogP contribution in [0.4, 0.5) is 11.8 Å². The first-order valence-corrected chi connectivity index (χ1v) is 10.0. The minimum atomic E-state index is -0.132. The first-order valence-electron chi connectivity index (χ1n) is 10.0. The highest BCUT2D eigenvalue weighted by Crippen LogP contribution is 2.35. The molecule has 3 aromatic rings. The summed E-state index contributed by atoms with van der Waals surface area (Å²) in [5, 5.41) is 4.67. The quantitative estimate of drug-likeness (QED) is 0.700. The molecule has 29 heavy (non-hydrogen) atoms. The smallest absolute Gasteiger partial charge is 0.263 e. The molecule has 0 saturated carbocycles. The summed E-state index contributed by atoms with van der Waals surface area (Å²) in [5.41, 5.74) is 1.56. The Kier molecular flexibility index (Phi) is 3.91. The molecule has 2 fully saturated rings. The van der Waals surface area contributed by atoms with Gasteiger partial charge in [0, 0.05) is 56.5 Å². The summed E-state index contributed by atoms with van der Waals surface area (Å²) in [6.45, 7) is 10.2. The number of nitrogens with zero attached hydrogens (tertiary/aromatic N) is 7. The third-order valence-corrected chi connectivity index (χ3v) is 6.12. The Bertz CT molecular complexity index is 1110. The Morgan fingerprint density at radius 1 is 1.07 bits per heavy atom. The highest BCUT2D eigenvalue weighted by molar-refractivity contribution is 5.74. The lowest BCUT2D eigenvalue weighted by molar-refractivity contribution is 0.533. The van der Waals surface area contributed by atoms with E-state index in [-0.39, 0.29) is 11.0 Å². The van der Waals surface area contributed by atoms with E-state index < -0.39 is 0 Å². The summed E-state index contributed by atoms with van der Waals surface area (Å²) in [4.78, 5) is 33.5. The van der Waals surface area contributed by atoms with Gasteiger partial charge in [-0.25, -0.2) is 9.97 Å². The molecule has 0 aromatic carbocycles. The first kappa shape index (κ1) is 18.1. The van der Waals surface area contributed by atoms with Crippen molar-refractivity contribution in [3.63, 3.8) is 0 Å². The van der Waals surface area contributed by atoms with Crippen molar-refractivity contribution < 1.29 is 0 Å². The number of anilines is 2. The lowest BCUT2D eigenvalue weighted by Crippen LogP contribution is -2.31. The second-order valence-corrected chi connectivity index (χ2v) is 9.24. The molecule has 3 aromatic heterocycles. The molecular formula is C20H26N8O. The minimum Gasteiger partial charge on any atom is -0.356 e. The standard InChI is InChI=1S/C20H26N8O/c1-20(2,3)15-5-16(22-11-21-15)27-7-12-9-28(10-13(12)8-27)19-24-17-14(18(29)25-19)6-23-26(17)4/h5-6,11-13H,7-10H2,1-4H3,(H,24,25,29). The van der Waals surface area contributed by atoms with Crippen LogP contribution in [0.3, 0.4) is 0 Å². The highest BCUT2D eigenvalue weighted by atomic mass is 16.1. The van der Waals surface area contributed by atoms with E-state index in [1.807, 2.05) is 7.05 Å². The van der Waals surface area contributed by atoms with E-state index in [9.17, 15) is 4.79 Å². The summed E-state index contributed by atoms with van der Waals surface area (Å²) in [6.07, 6.45) is 3.24. The molecular weight excluding hydrogens is 368 g/mol. The van der Waals surface area contributed by atoms with Crippen LogP contribution in [0.15, 0.2) is 23.4 Å². The molecule has 0 spiro atoms. The van der Waals surface area contributed by atoms with Crippen molar-refractivity contribution in [3.8, 4) is 0 Å². The lowest BCUT2D eigenvalue weighted by Gasteiger charge is -2.24. The number of rotatable bonds is 2. The van der Waals surface area contributed by atoms with Gasteiger partial charge < -0.3 is 9.80 Å². The zero-order chi connectivity index (χ0) is 20.3. The fourth-order valence-corrected chi connectivity index (χ4v) is 4.45. The maximum atomic E-state index is 12.4. The largest absolute Gasteiger partial charge is 0.356 e. The SMILES string of the molecule is Cn1ncc2c(=O)[nH]c(N3CC4CN(c5cc(C(C)(C)C)ncn5)CC4C3)nc21. The normalized spacial score (nSPS) is 21.9. The molecule has 1 N–H and O–H groups in total. The number of aromatic nitrogens is 6. The number of fused-ring (bicyclic) bond motifs is 2. The van der Waals surface area contributed by atoms with Crippen molar-refractivity contribution >= 4 is 22.8 Å². The third kappa shape index (κ3) is 3.04. The fourth-order valence-electron chi connectivity index (χ4n) is 4.45. The van der Waals surface area contributed by atoms with Crippen LogP contribution in [0.1, 0.15) is 26.5 Å². The fraction of sp³-hybridized carbons (Fsp3) is 0.550. The molecule has 2 aliphatic heterocycles. The highest BCUT2D eigenvalue weighted by Gasteiger charge is 2.41. The van der Waals surface area contributed by atoms with Gasteiger partial charge in [0.1, 0.15) is 17.5 Å². The second-order valence-electron chi connectivity index (χ2n) is 9.24. The Morgan fingerprint density at radius 3 is 2.45 bits per heavy atom. The van der Waals surface area contributed by atoms with Crippen LogP contribution < -0.4 is 15.4 Å². The molecule has 0 amide bonds. The molecule has 2 atom stereocenters. The number of hydrogen-bond donors (Lipinski definition) is 1. The lowest BCUT2D eigenvalue weighted by atomic mass is 9.92. The van der Waals surface area contributed by atoms with Gasteiger partial charge in [0.05, 0.1) is 11.9 Å². The van der Waals surface area contributed by atoms with E-state index in [1.165, 1.54) is 0 Å². The van der Waals surface area contributed by atoms with Crippen molar-refractivity contribution in [2.24, 2.45) is 18.9 Å². The van der Waals surface area contributed by atoms with Crippen LogP contribution in [0.25, 0.3) is 11.0 Å².